The first-order valence-electron chi connectivity index (χ1n) is 19.8. The maximum atomic E-state index is 6.51. The quantitative estimate of drug-likeness (QED) is 0.138. The van der Waals surface area contributed by atoms with Crippen molar-refractivity contribution < 1.29 is 4.42 Å². The SMILES string of the molecule is CC/C=C\C=C/Cc1nc(-c2ccccc2)nc(-c2ccc3oc4c(c3c2)C[C@H](n2c3ccccc3c3c(-c5ccccc5)cc(-c5ccccc5)cc32)C=C4)n1. The first kappa shape index (κ1) is 34.4. The fourth-order valence-corrected chi connectivity index (χ4v) is 8.25. The lowest BCUT2D eigenvalue weighted by Crippen LogP contribution is -2.12. The molecule has 0 aliphatic heterocycles. The van der Waals surface area contributed by atoms with Gasteiger partial charge in [-0.15, -0.1) is 0 Å². The number of hydrogen-bond donors (Lipinski definition) is 0. The third kappa shape index (κ3) is 6.47. The Morgan fingerprint density at radius 2 is 1.30 bits per heavy atom. The van der Waals surface area contributed by atoms with Gasteiger partial charge in [0.15, 0.2) is 11.6 Å². The van der Waals surface area contributed by atoms with Gasteiger partial charge in [-0.2, -0.15) is 0 Å². The van der Waals surface area contributed by atoms with E-state index in [-0.39, 0.29) is 6.04 Å². The second-order valence-corrected chi connectivity index (χ2v) is 14.6. The fraction of sp³-hybridized carbons (Fsp3) is 0.0962. The lowest BCUT2D eigenvalue weighted by Gasteiger charge is -2.21. The molecule has 0 fully saturated rings. The van der Waals surface area contributed by atoms with Crippen LogP contribution in [0.3, 0.4) is 0 Å². The molecule has 0 radical (unpaired) electrons. The van der Waals surface area contributed by atoms with E-state index in [1.165, 1.54) is 49.6 Å². The zero-order chi connectivity index (χ0) is 38.1. The summed E-state index contributed by atoms with van der Waals surface area (Å²) in [7, 11) is 0. The minimum atomic E-state index is 0.0565. The van der Waals surface area contributed by atoms with Gasteiger partial charge in [0.25, 0.3) is 0 Å². The van der Waals surface area contributed by atoms with Crippen molar-refractivity contribution in [3.05, 3.63) is 193 Å². The largest absolute Gasteiger partial charge is 0.456 e. The van der Waals surface area contributed by atoms with E-state index < -0.39 is 0 Å². The molecule has 0 saturated heterocycles. The zero-order valence-electron chi connectivity index (χ0n) is 31.7. The summed E-state index contributed by atoms with van der Waals surface area (Å²) in [6, 6.07) is 51.6. The molecule has 3 aromatic heterocycles. The van der Waals surface area contributed by atoms with Crippen molar-refractivity contribution in [2.75, 3.05) is 0 Å². The van der Waals surface area contributed by atoms with E-state index in [1.807, 2.05) is 30.3 Å². The molecule has 1 aliphatic carbocycles. The molecule has 57 heavy (non-hydrogen) atoms. The van der Waals surface area contributed by atoms with Gasteiger partial charge in [-0.3, -0.25) is 0 Å². The molecule has 5 nitrogen and oxygen atoms in total. The van der Waals surface area contributed by atoms with Gasteiger partial charge in [-0.1, -0.05) is 146 Å². The van der Waals surface area contributed by atoms with Crippen molar-refractivity contribution in [2.45, 2.75) is 32.2 Å². The Morgan fingerprint density at radius 1 is 0.614 bits per heavy atom. The first-order chi connectivity index (χ1) is 28.2. The topological polar surface area (TPSA) is 56.7 Å². The molecule has 0 saturated carbocycles. The van der Waals surface area contributed by atoms with Crippen molar-refractivity contribution in [3.63, 3.8) is 0 Å². The van der Waals surface area contributed by atoms with Crippen LogP contribution in [0.25, 0.3) is 83.9 Å². The van der Waals surface area contributed by atoms with Crippen LogP contribution in [-0.4, -0.2) is 19.5 Å². The maximum absolute atomic E-state index is 6.51. The van der Waals surface area contributed by atoms with Crippen molar-refractivity contribution in [3.8, 4) is 45.0 Å². The molecule has 0 unspecified atom stereocenters. The minimum absolute atomic E-state index is 0.0565. The van der Waals surface area contributed by atoms with E-state index in [2.05, 4.69) is 163 Å². The van der Waals surface area contributed by atoms with Gasteiger partial charge in [0, 0.05) is 51.2 Å². The molecule has 5 heteroatoms. The number of benzene rings is 6. The number of allylic oxidation sites excluding steroid dienone is 5. The van der Waals surface area contributed by atoms with Crippen LogP contribution in [0.4, 0.5) is 0 Å². The third-order valence-corrected chi connectivity index (χ3v) is 10.9. The summed E-state index contributed by atoms with van der Waals surface area (Å²) >= 11 is 0. The van der Waals surface area contributed by atoms with E-state index >= 15 is 0 Å². The molecule has 10 rings (SSSR count). The predicted octanol–water partition coefficient (Wildman–Crippen LogP) is 13.3. The highest BCUT2D eigenvalue weighted by Gasteiger charge is 2.26. The smallest absolute Gasteiger partial charge is 0.163 e. The Labute approximate surface area is 332 Å². The normalized spacial score (nSPS) is 14.1. The second-order valence-electron chi connectivity index (χ2n) is 14.6. The Morgan fingerprint density at radius 3 is 2.07 bits per heavy atom. The monoisotopic (exact) mass is 736 g/mol. The first-order valence-corrected chi connectivity index (χ1v) is 19.8. The average molecular weight is 737 g/mol. The summed E-state index contributed by atoms with van der Waals surface area (Å²) in [5.41, 5.74) is 11.2. The van der Waals surface area contributed by atoms with Crippen LogP contribution in [0.2, 0.25) is 0 Å². The summed E-state index contributed by atoms with van der Waals surface area (Å²) in [6.07, 6.45) is 15.2. The number of hydrogen-bond acceptors (Lipinski definition) is 4. The number of nitrogens with zero attached hydrogens (tertiary/aromatic N) is 4. The Balaban J connectivity index is 1.09. The summed E-state index contributed by atoms with van der Waals surface area (Å²) in [5, 5.41) is 3.60. The van der Waals surface area contributed by atoms with Gasteiger partial charge in [0.05, 0.1) is 11.6 Å². The molecule has 6 aromatic carbocycles. The van der Waals surface area contributed by atoms with Gasteiger partial charge in [0.1, 0.15) is 17.2 Å². The number of para-hydroxylation sites is 1. The summed E-state index contributed by atoms with van der Waals surface area (Å²) in [5.74, 6) is 2.95. The third-order valence-electron chi connectivity index (χ3n) is 10.9. The van der Waals surface area contributed by atoms with E-state index in [9.17, 15) is 0 Å². The molecule has 0 N–H and O–H groups in total. The van der Waals surface area contributed by atoms with Crippen LogP contribution in [0, 0.1) is 0 Å². The average Bonchev–Trinajstić information content (AvgIpc) is 3.81. The lowest BCUT2D eigenvalue weighted by molar-refractivity contribution is 0.572. The molecule has 1 aliphatic rings. The molecular formula is C52H40N4O. The molecule has 274 valence electrons. The number of rotatable bonds is 9. The van der Waals surface area contributed by atoms with Crippen molar-refractivity contribution >= 4 is 38.9 Å². The number of aromatic nitrogens is 4. The van der Waals surface area contributed by atoms with Gasteiger partial charge in [0.2, 0.25) is 0 Å². The van der Waals surface area contributed by atoms with Crippen LogP contribution >= 0.6 is 0 Å². The van der Waals surface area contributed by atoms with Crippen molar-refractivity contribution in [2.24, 2.45) is 0 Å². The maximum Gasteiger partial charge on any atom is 0.163 e. The molecule has 1 atom stereocenters. The van der Waals surface area contributed by atoms with Gasteiger partial charge >= 0.3 is 0 Å². The van der Waals surface area contributed by atoms with Crippen molar-refractivity contribution in [1.29, 1.82) is 0 Å². The zero-order valence-corrected chi connectivity index (χ0v) is 31.7. The van der Waals surface area contributed by atoms with E-state index in [0.717, 1.165) is 46.5 Å². The van der Waals surface area contributed by atoms with Gasteiger partial charge in [-0.25, -0.2) is 15.0 Å². The van der Waals surface area contributed by atoms with Crippen LogP contribution in [0.15, 0.2) is 180 Å². The van der Waals surface area contributed by atoms with Gasteiger partial charge < -0.3 is 8.98 Å². The highest BCUT2D eigenvalue weighted by Crippen LogP contribution is 2.44. The highest BCUT2D eigenvalue weighted by molar-refractivity contribution is 6.16. The standard InChI is InChI=1S/C52H40N4O/c1-2-3-4-5-15-26-49-53-51(37-22-13-8-14-23-37)55-52(54-49)38-27-29-47-43(31-38)44-34-40(28-30-48(44)57-47)56-45-25-17-16-24-41(45)50-42(36-20-11-7-12-21-36)32-39(33-46(50)56)35-18-9-6-10-19-35/h3-25,27-33,40H,2,26,34H2,1H3/b4-3-,15-5-/t40-/m1/s1. The van der Waals surface area contributed by atoms with Crippen LogP contribution in [0.1, 0.15) is 36.5 Å². The molecule has 0 bridgehead atoms. The Kier molecular flexibility index (Phi) is 8.96. The number of furan rings is 1. The molecule has 9 aromatic rings. The molecule has 0 spiro atoms. The van der Waals surface area contributed by atoms with Crippen LogP contribution in [-0.2, 0) is 12.8 Å². The minimum Gasteiger partial charge on any atom is -0.456 e. The Hall–Kier alpha value is -7.11. The molecule has 3 heterocycles. The summed E-state index contributed by atoms with van der Waals surface area (Å²) in [6.45, 7) is 2.13. The van der Waals surface area contributed by atoms with Crippen LogP contribution in [0.5, 0.6) is 0 Å². The lowest BCUT2D eigenvalue weighted by atomic mass is 9.94. The van der Waals surface area contributed by atoms with E-state index in [1.54, 1.807) is 0 Å². The molecule has 0 amide bonds. The van der Waals surface area contributed by atoms with E-state index in [4.69, 9.17) is 19.4 Å². The summed E-state index contributed by atoms with van der Waals surface area (Å²) < 4.78 is 9.05. The van der Waals surface area contributed by atoms with Gasteiger partial charge in [-0.05, 0) is 71.1 Å². The fourth-order valence-electron chi connectivity index (χ4n) is 8.25. The highest BCUT2D eigenvalue weighted by atomic mass is 16.3. The number of fused-ring (bicyclic) bond motifs is 6. The summed E-state index contributed by atoms with van der Waals surface area (Å²) in [4.78, 5) is 14.9. The Bertz CT molecular complexity index is 2990. The van der Waals surface area contributed by atoms with Crippen LogP contribution < -0.4 is 0 Å². The van der Waals surface area contributed by atoms with E-state index in [0.29, 0.717) is 18.1 Å². The second kappa shape index (κ2) is 14.9. The van der Waals surface area contributed by atoms with Crippen molar-refractivity contribution in [1.82, 2.24) is 19.5 Å². The molecular weight excluding hydrogens is 697 g/mol. The predicted molar refractivity (Wildman–Crippen MR) is 235 cm³/mol.